The molecule has 0 heterocycles. The Morgan fingerprint density at radius 2 is 0.542 bits per heavy atom. The maximum absolute atomic E-state index is 12.8. The summed E-state index contributed by atoms with van der Waals surface area (Å²) in [5.74, 6) is -0.937. The molecule has 0 amide bonds. The first kappa shape index (κ1) is 68.1. The second-order valence-electron chi connectivity index (χ2n) is 19.5. The van der Waals surface area contributed by atoms with Crippen molar-refractivity contribution in [1.29, 1.82) is 0 Å². The summed E-state index contributed by atoms with van der Waals surface area (Å²) in [6.07, 6.45) is 81.2. The monoisotopic (exact) mass is 999 g/mol. The summed E-state index contributed by atoms with van der Waals surface area (Å²) in [4.78, 5) is 38.0. The molecule has 0 saturated heterocycles. The van der Waals surface area contributed by atoms with Crippen LogP contribution in [0.4, 0.5) is 0 Å². The molecule has 72 heavy (non-hydrogen) atoms. The van der Waals surface area contributed by atoms with Gasteiger partial charge in [-0.3, -0.25) is 14.4 Å². The Balaban J connectivity index is 4.13. The maximum Gasteiger partial charge on any atom is 0.306 e. The van der Waals surface area contributed by atoms with Gasteiger partial charge < -0.3 is 14.2 Å². The molecule has 410 valence electrons. The molecule has 0 aliphatic rings. The molecule has 1 unspecified atom stereocenters. The Kier molecular flexibility index (Phi) is 56.4. The third kappa shape index (κ3) is 57.0. The summed E-state index contributed by atoms with van der Waals surface area (Å²) in [5.41, 5.74) is 0. The summed E-state index contributed by atoms with van der Waals surface area (Å²) in [7, 11) is 0. The minimum absolute atomic E-state index is 0.0930. The number of hydrogen-bond acceptors (Lipinski definition) is 6. The highest BCUT2D eigenvalue weighted by Crippen LogP contribution is 2.16. The molecule has 0 spiro atoms. The van der Waals surface area contributed by atoms with E-state index in [1.54, 1.807) is 0 Å². The van der Waals surface area contributed by atoms with Gasteiger partial charge >= 0.3 is 17.9 Å². The van der Waals surface area contributed by atoms with Crippen LogP contribution < -0.4 is 0 Å². The molecule has 0 aliphatic heterocycles. The Labute approximate surface area is 444 Å². The first-order chi connectivity index (χ1) is 35.5. The van der Waals surface area contributed by atoms with Crippen LogP contribution in [0.25, 0.3) is 0 Å². The molecule has 0 radical (unpaired) electrons. The molecule has 0 fully saturated rings. The van der Waals surface area contributed by atoms with E-state index in [9.17, 15) is 14.4 Å². The Morgan fingerprint density at radius 1 is 0.292 bits per heavy atom. The summed E-state index contributed by atoms with van der Waals surface area (Å²) >= 11 is 0. The normalized spacial score (nSPS) is 12.9. The van der Waals surface area contributed by atoms with Crippen molar-refractivity contribution in [3.8, 4) is 0 Å². The van der Waals surface area contributed by atoms with Crippen LogP contribution >= 0.6 is 0 Å². The van der Waals surface area contributed by atoms with Crippen molar-refractivity contribution in [2.45, 2.75) is 277 Å². The van der Waals surface area contributed by atoms with E-state index in [1.165, 1.54) is 116 Å². The fourth-order valence-electron chi connectivity index (χ4n) is 8.11. The van der Waals surface area contributed by atoms with Crippen LogP contribution in [-0.4, -0.2) is 37.2 Å². The molecule has 0 rings (SSSR count). The Bertz CT molecular complexity index is 1470. The SMILES string of the molecule is CC/C=C\C/C=C\C/C=C\C/C=C\C/C=C\CCCCCCCCCCCCCCCCCC(=O)OCC(COC(=O)CCCCCCCCCC)OC(=O)CCCC/C=C\C/C=C\C/C=C\C/C=C\CC. The number of unbranched alkanes of at least 4 members (excludes halogenated alkanes) is 24. The topological polar surface area (TPSA) is 78.9 Å². The van der Waals surface area contributed by atoms with Crippen LogP contribution in [0.15, 0.2) is 109 Å². The lowest BCUT2D eigenvalue weighted by Crippen LogP contribution is -2.30. The number of hydrogen-bond donors (Lipinski definition) is 0. The molecular weight excluding hydrogens is 889 g/mol. The average molecular weight is 1000 g/mol. The van der Waals surface area contributed by atoms with Gasteiger partial charge in [0.1, 0.15) is 13.2 Å². The summed E-state index contributed by atoms with van der Waals surface area (Å²) in [5, 5.41) is 0. The fourth-order valence-corrected chi connectivity index (χ4v) is 8.11. The zero-order valence-corrected chi connectivity index (χ0v) is 46.9. The quantitative estimate of drug-likeness (QED) is 0.0261. The van der Waals surface area contributed by atoms with E-state index in [4.69, 9.17) is 14.2 Å². The maximum atomic E-state index is 12.8. The molecule has 1 atom stereocenters. The van der Waals surface area contributed by atoms with Crippen LogP contribution in [0.3, 0.4) is 0 Å². The highest BCUT2D eigenvalue weighted by molar-refractivity contribution is 5.71. The van der Waals surface area contributed by atoms with E-state index in [0.29, 0.717) is 19.3 Å². The predicted molar refractivity (Wildman–Crippen MR) is 311 cm³/mol. The smallest absolute Gasteiger partial charge is 0.306 e. The van der Waals surface area contributed by atoms with E-state index in [0.717, 1.165) is 109 Å². The van der Waals surface area contributed by atoms with Crippen molar-refractivity contribution in [2.75, 3.05) is 13.2 Å². The predicted octanol–water partition coefficient (Wildman–Crippen LogP) is 20.3. The molecule has 0 N–H and O–H groups in total. The third-order valence-electron chi connectivity index (χ3n) is 12.5. The van der Waals surface area contributed by atoms with Crippen LogP contribution in [0.1, 0.15) is 271 Å². The molecule has 0 saturated carbocycles. The van der Waals surface area contributed by atoms with Crippen molar-refractivity contribution in [3.05, 3.63) is 109 Å². The molecule has 6 heteroatoms. The lowest BCUT2D eigenvalue weighted by atomic mass is 10.0. The number of allylic oxidation sites excluding steroid dienone is 18. The number of rotatable bonds is 53. The standard InChI is InChI=1S/C66H110O6/c1-4-7-10-13-16-19-21-23-25-26-27-28-29-30-31-32-33-34-35-36-37-38-39-40-42-43-45-47-50-53-56-59-65(68)71-62-63(61-70-64(67)58-55-52-49-18-15-12-9-6-3)72-66(69)60-57-54-51-48-46-44-41-24-22-20-17-14-11-8-5-2/h7-8,10-11,16-17,19-20,23-25,27-28,30-31,41,46,48,63H,4-6,9,12-15,18,21-22,26,29,32-40,42-45,47,49-62H2,1-3H3/b10-7-,11-8-,19-16-,20-17-,25-23-,28-27-,31-30-,41-24-,48-46-. The van der Waals surface area contributed by atoms with Crippen molar-refractivity contribution in [2.24, 2.45) is 0 Å². The average Bonchev–Trinajstić information content (AvgIpc) is 3.38. The van der Waals surface area contributed by atoms with Crippen LogP contribution in [0.2, 0.25) is 0 Å². The largest absolute Gasteiger partial charge is 0.462 e. The van der Waals surface area contributed by atoms with E-state index in [2.05, 4.69) is 130 Å². The molecule has 0 aromatic rings. The molecule has 0 bridgehead atoms. The van der Waals surface area contributed by atoms with Gasteiger partial charge in [0.05, 0.1) is 0 Å². The van der Waals surface area contributed by atoms with Gasteiger partial charge in [0.25, 0.3) is 0 Å². The minimum Gasteiger partial charge on any atom is -0.462 e. The van der Waals surface area contributed by atoms with Crippen molar-refractivity contribution >= 4 is 17.9 Å². The number of ether oxygens (including phenoxy) is 3. The highest BCUT2D eigenvalue weighted by atomic mass is 16.6. The molecule has 0 aliphatic carbocycles. The van der Waals surface area contributed by atoms with Crippen LogP contribution in [-0.2, 0) is 28.6 Å². The van der Waals surface area contributed by atoms with E-state index >= 15 is 0 Å². The van der Waals surface area contributed by atoms with Gasteiger partial charge in [0.2, 0.25) is 0 Å². The lowest BCUT2D eigenvalue weighted by molar-refractivity contribution is -0.167. The van der Waals surface area contributed by atoms with Gasteiger partial charge in [-0.05, 0) is 103 Å². The summed E-state index contributed by atoms with van der Waals surface area (Å²) in [6, 6.07) is 0. The van der Waals surface area contributed by atoms with Crippen LogP contribution in [0, 0.1) is 0 Å². The zero-order chi connectivity index (χ0) is 52.2. The van der Waals surface area contributed by atoms with Gasteiger partial charge in [0, 0.05) is 19.3 Å². The van der Waals surface area contributed by atoms with Gasteiger partial charge in [-0.25, -0.2) is 0 Å². The van der Waals surface area contributed by atoms with Gasteiger partial charge in [0.15, 0.2) is 6.10 Å². The second kappa shape index (κ2) is 59.6. The third-order valence-corrected chi connectivity index (χ3v) is 12.5. The first-order valence-corrected chi connectivity index (χ1v) is 29.9. The van der Waals surface area contributed by atoms with Gasteiger partial charge in [-0.15, -0.1) is 0 Å². The van der Waals surface area contributed by atoms with E-state index in [-0.39, 0.29) is 37.5 Å². The minimum atomic E-state index is -0.797. The van der Waals surface area contributed by atoms with Gasteiger partial charge in [-0.2, -0.15) is 0 Å². The molecule has 0 aromatic carbocycles. The highest BCUT2D eigenvalue weighted by Gasteiger charge is 2.19. The Hall–Kier alpha value is -3.93. The van der Waals surface area contributed by atoms with Crippen molar-refractivity contribution in [3.63, 3.8) is 0 Å². The summed E-state index contributed by atoms with van der Waals surface area (Å²) in [6.45, 7) is 6.35. The lowest BCUT2D eigenvalue weighted by Gasteiger charge is -2.18. The fraction of sp³-hybridized carbons (Fsp3) is 0.682. The molecular formula is C66H110O6. The van der Waals surface area contributed by atoms with Crippen molar-refractivity contribution < 1.29 is 28.6 Å². The van der Waals surface area contributed by atoms with Gasteiger partial charge in [-0.1, -0.05) is 259 Å². The number of esters is 3. The molecule has 0 aromatic heterocycles. The van der Waals surface area contributed by atoms with E-state index < -0.39 is 6.10 Å². The second-order valence-corrected chi connectivity index (χ2v) is 19.5. The van der Waals surface area contributed by atoms with Crippen molar-refractivity contribution in [1.82, 2.24) is 0 Å². The zero-order valence-electron chi connectivity index (χ0n) is 46.9. The van der Waals surface area contributed by atoms with Crippen LogP contribution in [0.5, 0.6) is 0 Å². The molecule has 6 nitrogen and oxygen atoms in total. The number of carbonyl (C=O) groups excluding carboxylic acids is 3. The Morgan fingerprint density at radius 3 is 0.875 bits per heavy atom. The van der Waals surface area contributed by atoms with E-state index in [1.807, 2.05) is 0 Å². The summed E-state index contributed by atoms with van der Waals surface area (Å²) < 4.78 is 16.8. The first-order valence-electron chi connectivity index (χ1n) is 29.9. The number of carbonyl (C=O) groups is 3.